The number of aliphatic carboxylic acids is 1. The molecule has 0 bridgehead atoms. The number of anilines is 1. The van der Waals surface area contributed by atoms with Gasteiger partial charge in [0, 0.05) is 6.42 Å². The second-order valence-electron chi connectivity index (χ2n) is 6.56. The van der Waals surface area contributed by atoms with Crippen LogP contribution in [0.15, 0.2) is 18.2 Å². The van der Waals surface area contributed by atoms with E-state index < -0.39 is 11.4 Å². The molecule has 0 saturated heterocycles. The minimum Gasteiger partial charge on any atom is -0.495 e. The topological polar surface area (TPSA) is 75.6 Å². The monoisotopic (exact) mass is 319 g/mol. The number of hydrogen-bond acceptors (Lipinski definition) is 3. The van der Waals surface area contributed by atoms with Gasteiger partial charge in [0.15, 0.2) is 0 Å². The molecule has 126 valence electrons. The fourth-order valence-corrected chi connectivity index (χ4v) is 3.49. The minimum atomic E-state index is -0.826. The summed E-state index contributed by atoms with van der Waals surface area (Å²) in [6.45, 7) is 1.95. The molecule has 23 heavy (non-hydrogen) atoms. The van der Waals surface area contributed by atoms with Crippen LogP contribution in [0.1, 0.15) is 50.5 Å². The Morgan fingerprint density at radius 1 is 1.22 bits per heavy atom. The number of hydrogen-bond donors (Lipinski definition) is 2. The minimum absolute atomic E-state index is 0.0609. The van der Waals surface area contributed by atoms with Crippen LogP contribution in [0.2, 0.25) is 0 Å². The van der Waals surface area contributed by atoms with Crippen LogP contribution in [0.3, 0.4) is 0 Å². The first kappa shape index (κ1) is 17.3. The van der Waals surface area contributed by atoms with Crippen LogP contribution in [0.25, 0.3) is 0 Å². The summed E-state index contributed by atoms with van der Waals surface area (Å²) < 4.78 is 5.27. The molecule has 2 rings (SSSR count). The fraction of sp³-hybridized carbons (Fsp3) is 0.556. The predicted molar refractivity (Wildman–Crippen MR) is 88.7 cm³/mol. The number of carbonyl (C=O) groups is 2. The molecule has 2 N–H and O–H groups in total. The summed E-state index contributed by atoms with van der Waals surface area (Å²) in [5.74, 6) is -0.357. The van der Waals surface area contributed by atoms with Crippen LogP contribution in [-0.2, 0) is 9.59 Å². The molecule has 0 heterocycles. The molecule has 1 aromatic carbocycles. The first-order valence-electron chi connectivity index (χ1n) is 8.10. The van der Waals surface area contributed by atoms with Crippen LogP contribution < -0.4 is 10.1 Å². The third-order valence-electron chi connectivity index (χ3n) is 4.61. The smallest absolute Gasteiger partial charge is 0.303 e. The van der Waals surface area contributed by atoms with E-state index in [0.717, 1.165) is 37.7 Å². The SMILES string of the molecule is COc1ccc(C)cc1NC(=O)CC1(CC(=O)O)CCCCC1. The third kappa shape index (κ3) is 4.71. The highest BCUT2D eigenvalue weighted by Gasteiger charge is 2.36. The highest BCUT2D eigenvalue weighted by Crippen LogP contribution is 2.42. The van der Waals surface area contributed by atoms with E-state index in [1.54, 1.807) is 7.11 Å². The zero-order valence-electron chi connectivity index (χ0n) is 13.9. The number of benzene rings is 1. The van der Waals surface area contributed by atoms with Gasteiger partial charge in [0.1, 0.15) is 5.75 Å². The van der Waals surface area contributed by atoms with Gasteiger partial charge in [0.2, 0.25) is 5.91 Å². The number of amides is 1. The van der Waals surface area contributed by atoms with Crippen molar-refractivity contribution in [3.05, 3.63) is 23.8 Å². The molecule has 1 amide bonds. The van der Waals surface area contributed by atoms with E-state index in [9.17, 15) is 14.7 Å². The van der Waals surface area contributed by atoms with Crippen LogP contribution in [0, 0.1) is 12.3 Å². The molecule has 0 atom stereocenters. The van der Waals surface area contributed by atoms with Crippen molar-refractivity contribution in [1.29, 1.82) is 0 Å². The average molecular weight is 319 g/mol. The van der Waals surface area contributed by atoms with Crippen molar-refractivity contribution in [3.8, 4) is 5.75 Å². The van der Waals surface area contributed by atoms with Gasteiger partial charge in [-0.05, 0) is 42.9 Å². The van der Waals surface area contributed by atoms with Crippen molar-refractivity contribution >= 4 is 17.6 Å². The van der Waals surface area contributed by atoms with Crippen LogP contribution in [-0.4, -0.2) is 24.1 Å². The van der Waals surface area contributed by atoms with Gasteiger partial charge in [0.05, 0.1) is 19.2 Å². The lowest BCUT2D eigenvalue weighted by atomic mass is 9.69. The summed E-state index contributed by atoms with van der Waals surface area (Å²) in [5, 5.41) is 12.1. The second kappa shape index (κ2) is 7.49. The van der Waals surface area contributed by atoms with Crippen LogP contribution in [0.4, 0.5) is 5.69 Å². The zero-order chi connectivity index (χ0) is 16.9. The van der Waals surface area contributed by atoms with Crippen molar-refractivity contribution in [2.24, 2.45) is 5.41 Å². The maximum atomic E-state index is 12.5. The molecular formula is C18H25NO4. The lowest BCUT2D eigenvalue weighted by Crippen LogP contribution is -2.32. The number of methoxy groups -OCH3 is 1. The molecule has 1 aromatic rings. The fourth-order valence-electron chi connectivity index (χ4n) is 3.49. The van der Waals surface area contributed by atoms with E-state index in [2.05, 4.69) is 5.32 Å². The number of aryl methyl sites for hydroxylation is 1. The maximum absolute atomic E-state index is 12.5. The van der Waals surface area contributed by atoms with Crippen molar-refractivity contribution in [3.63, 3.8) is 0 Å². The number of carboxylic acids is 1. The number of rotatable bonds is 6. The Morgan fingerprint density at radius 3 is 2.52 bits per heavy atom. The largest absolute Gasteiger partial charge is 0.495 e. The third-order valence-corrected chi connectivity index (χ3v) is 4.61. The highest BCUT2D eigenvalue weighted by atomic mass is 16.5. The molecule has 1 aliphatic rings. The van der Waals surface area contributed by atoms with Gasteiger partial charge < -0.3 is 15.2 Å². The molecule has 5 nitrogen and oxygen atoms in total. The lowest BCUT2D eigenvalue weighted by Gasteiger charge is -2.35. The lowest BCUT2D eigenvalue weighted by molar-refractivity contribution is -0.140. The van der Waals surface area contributed by atoms with Gasteiger partial charge in [0.25, 0.3) is 0 Å². The predicted octanol–water partition coefficient (Wildman–Crippen LogP) is 3.76. The average Bonchev–Trinajstić information content (AvgIpc) is 2.47. The molecule has 0 aliphatic heterocycles. The Morgan fingerprint density at radius 2 is 1.91 bits per heavy atom. The van der Waals surface area contributed by atoms with Gasteiger partial charge in [-0.3, -0.25) is 9.59 Å². The molecule has 0 spiro atoms. The molecule has 0 aromatic heterocycles. The van der Waals surface area contributed by atoms with E-state index >= 15 is 0 Å². The first-order chi connectivity index (χ1) is 10.9. The summed E-state index contributed by atoms with van der Waals surface area (Å²) in [7, 11) is 1.56. The Hall–Kier alpha value is -2.04. The van der Waals surface area contributed by atoms with Crippen molar-refractivity contribution in [2.45, 2.75) is 51.9 Å². The quantitative estimate of drug-likeness (QED) is 0.837. The molecule has 0 radical (unpaired) electrons. The maximum Gasteiger partial charge on any atom is 0.303 e. The van der Waals surface area contributed by atoms with Gasteiger partial charge in [-0.1, -0.05) is 25.3 Å². The van der Waals surface area contributed by atoms with E-state index in [-0.39, 0.29) is 18.7 Å². The first-order valence-corrected chi connectivity index (χ1v) is 8.10. The summed E-state index contributed by atoms with van der Waals surface area (Å²) in [5.41, 5.74) is 1.25. The highest BCUT2D eigenvalue weighted by molar-refractivity contribution is 5.93. The number of carbonyl (C=O) groups excluding carboxylic acids is 1. The van der Waals surface area contributed by atoms with Crippen molar-refractivity contribution in [2.75, 3.05) is 12.4 Å². The van der Waals surface area contributed by atoms with Gasteiger partial charge in [-0.2, -0.15) is 0 Å². The Bertz CT molecular complexity index is 576. The Balaban J connectivity index is 2.10. The summed E-state index contributed by atoms with van der Waals surface area (Å²) >= 11 is 0. The van der Waals surface area contributed by atoms with Crippen LogP contribution in [0.5, 0.6) is 5.75 Å². The Labute approximate surface area is 137 Å². The van der Waals surface area contributed by atoms with E-state index in [1.165, 1.54) is 0 Å². The van der Waals surface area contributed by atoms with E-state index in [0.29, 0.717) is 11.4 Å². The number of carboxylic acid groups (broad SMARTS) is 1. The summed E-state index contributed by atoms with van der Waals surface area (Å²) in [4.78, 5) is 23.7. The molecule has 1 saturated carbocycles. The van der Waals surface area contributed by atoms with Crippen molar-refractivity contribution in [1.82, 2.24) is 0 Å². The molecule has 1 aliphatic carbocycles. The molecule has 0 unspecified atom stereocenters. The van der Waals surface area contributed by atoms with Gasteiger partial charge >= 0.3 is 5.97 Å². The Kier molecular flexibility index (Phi) is 5.64. The zero-order valence-corrected chi connectivity index (χ0v) is 13.9. The van der Waals surface area contributed by atoms with Crippen molar-refractivity contribution < 1.29 is 19.4 Å². The second-order valence-corrected chi connectivity index (χ2v) is 6.56. The molecule has 5 heteroatoms. The van der Waals surface area contributed by atoms with Gasteiger partial charge in [-0.25, -0.2) is 0 Å². The summed E-state index contributed by atoms with van der Waals surface area (Å²) in [6.07, 6.45) is 5.02. The molecule has 1 fully saturated rings. The van der Waals surface area contributed by atoms with Gasteiger partial charge in [-0.15, -0.1) is 0 Å². The van der Waals surface area contributed by atoms with E-state index in [4.69, 9.17) is 4.74 Å². The van der Waals surface area contributed by atoms with Crippen LogP contribution >= 0.6 is 0 Å². The number of ether oxygens (including phenoxy) is 1. The normalized spacial score (nSPS) is 16.6. The van der Waals surface area contributed by atoms with E-state index in [1.807, 2.05) is 25.1 Å². The number of nitrogens with one attached hydrogen (secondary N) is 1. The standard InChI is InChI=1S/C18H25NO4/c1-13-6-7-15(23-2)14(10-13)19-16(20)11-18(12-17(21)22)8-4-3-5-9-18/h6-7,10H,3-5,8-9,11-12H2,1-2H3,(H,19,20)(H,21,22). The summed E-state index contributed by atoms with van der Waals surface area (Å²) in [6, 6.07) is 5.60. The molecular weight excluding hydrogens is 294 g/mol.